The van der Waals surface area contributed by atoms with Crippen molar-refractivity contribution in [2.24, 2.45) is 0 Å². The molecule has 126 valence electrons. The molecule has 0 radical (unpaired) electrons. The molecular formula is C18H18O5S. The third kappa shape index (κ3) is 5.24. The Hall–Kier alpha value is -2.60. The molecule has 24 heavy (non-hydrogen) atoms. The molecule has 1 aromatic heterocycles. The average Bonchev–Trinajstić information content (AvgIpc) is 3.12. The van der Waals surface area contributed by atoms with Gasteiger partial charge < -0.3 is 14.2 Å². The molecule has 6 heteroatoms. The predicted octanol–water partition coefficient (Wildman–Crippen LogP) is 3.48. The van der Waals surface area contributed by atoms with Gasteiger partial charge in [0.1, 0.15) is 0 Å². The maximum Gasteiger partial charge on any atom is 0.330 e. The summed E-state index contributed by atoms with van der Waals surface area (Å²) in [6.07, 6.45) is 3.84. The van der Waals surface area contributed by atoms with Crippen LogP contribution in [-0.2, 0) is 20.7 Å². The van der Waals surface area contributed by atoms with Gasteiger partial charge in [-0.25, -0.2) is 4.79 Å². The number of carbonyl (C=O) groups excluding carboxylic acids is 2. The number of ether oxygens (including phenoxy) is 3. The first kappa shape index (κ1) is 17.7. The zero-order chi connectivity index (χ0) is 17.4. The predicted molar refractivity (Wildman–Crippen MR) is 92.3 cm³/mol. The minimum Gasteiger partial charge on any atom is -0.493 e. The Balaban J connectivity index is 2.00. The van der Waals surface area contributed by atoms with Crippen molar-refractivity contribution in [1.82, 2.24) is 0 Å². The largest absolute Gasteiger partial charge is 0.493 e. The fraction of sp³-hybridized carbons (Fsp3) is 0.222. The standard InChI is InChI=1S/C18H18O5S/c1-21-16-11-13(4-7-17(19)22-2)3-6-15(16)23-18(20)8-5-14-9-10-24-12-14/h3-4,6-7,9-12H,5,8H2,1-2H3/b7-4+. The van der Waals surface area contributed by atoms with Gasteiger partial charge in [0, 0.05) is 6.08 Å². The van der Waals surface area contributed by atoms with E-state index in [9.17, 15) is 9.59 Å². The number of carbonyl (C=O) groups is 2. The van der Waals surface area contributed by atoms with Crippen molar-refractivity contribution in [2.75, 3.05) is 14.2 Å². The Bertz CT molecular complexity index is 719. The van der Waals surface area contributed by atoms with E-state index in [4.69, 9.17) is 9.47 Å². The number of esters is 2. The van der Waals surface area contributed by atoms with Crippen LogP contribution in [0.25, 0.3) is 6.08 Å². The molecule has 2 rings (SSSR count). The zero-order valence-corrected chi connectivity index (χ0v) is 14.3. The van der Waals surface area contributed by atoms with Crippen LogP contribution in [0.5, 0.6) is 11.5 Å². The van der Waals surface area contributed by atoms with Crippen LogP contribution in [0, 0.1) is 0 Å². The number of benzene rings is 1. The molecule has 0 bridgehead atoms. The topological polar surface area (TPSA) is 61.8 Å². The summed E-state index contributed by atoms with van der Waals surface area (Å²) < 4.78 is 15.1. The second-order valence-electron chi connectivity index (χ2n) is 4.87. The summed E-state index contributed by atoms with van der Waals surface area (Å²) in [6, 6.07) is 7.03. The molecule has 0 saturated heterocycles. The Morgan fingerprint density at radius 1 is 1.17 bits per heavy atom. The first-order chi connectivity index (χ1) is 11.6. The Morgan fingerprint density at radius 2 is 2.00 bits per heavy atom. The number of methoxy groups -OCH3 is 2. The molecule has 0 saturated carbocycles. The molecule has 0 aliphatic heterocycles. The van der Waals surface area contributed by atoms with Crippen molar-refractivity contribution in [3.05, 3.63) is 52.2 Å². The van der Waals surface area contributed by atoms with Gasteiger partial charge in [-0.2, -0.15) is 11.3 Å². The zero-order valence-electron chi connectivity index (χ0n) is 13.5. The minimum atomic E-state index is -0.446. The summed E-state index contributed by atoms with van der Waals surface area (Å²) in [5.41, 5.74) is 1.85. The van der Waals surface area contributed by atoms with Crippen LogP contribution in [0.3, 0.4) is 0 Å². The van der Waals surface area contributed by atoms with Crippen LogP contribution in [-0.4, -0.2) is 26.2 Å². The van der Waals surface area contributed by atoms with Gasteiger partial charge in [0.15, 0.2) is 11.5 Å². The molecule has 5 nitrogen and oxygen atoms in total. The number of hydrogen-bond donors (Lipinski definition) is 0. The molecule has 0 aliphatic rings. The Morgan fingerprint density at radius 3 is 2.67 bits per heavy atom. The van der Waals surface area contributed by atoms with Crippen LogP contribution in [0.15, 0.2) is 41.1 Å². The molecule has 0 fully saturated rings. The number of thiophene rings is 1. The van der Waals surface area contributed by atoms with Gasteiger partial charge in [0.05, 0.1) is 20.6 Å². The summed E-state index contributed by atoms with van der Waals surface area (Å²) in [7, 11) is 2.80. The van der Waals surface area contributed by atoms with Crippen LogP contribution in [0.4, 0.5) is 0 Å². The van der Waals surface area contributed by atoms with E-state index in [0.29, 0.717) is 24.3 Å². The molecule has 0 spiro atoms. The molecule has 0 unspecified atom stereocenters. The van der Waals surface area contributed by atoms with Gasteiger partial charge in [-0.05, 0) is 52.6 Å². The molecular weight excluding hydrogens is 328 g/mol. The third-order valence-electron chi connectivity index (χ3n) is 3.22. The molecule has 0 N–H and O–H groups in total. The van der Waals surface area contributed by atoms with E-state index in [1.807, 2.05) is 16.8 Å². The van der Waals surface area contributed by atoms with Gasteiger partial charge >= 0.3 is 11.9 Å². The Kier molecular flexibility index (Phi) is 6.57. The van der Waals surface area contributed by atoms with Gasteiger partial charge in [0.25, 0.3) is 0 Å². The SMILES string of the molecule is COC(=O)/C=C/c1ccc(OC(=O)CCc2ccsc2)c(OC)c1. The molecule has 2 aromatic rings. The highest BCUT2D eigenvalue weighted by atomic mass is 32.1. The number of hydrogen-bond acceptors (Lipinski definition) is 6. The second kappa shape index (κ2) is 8.88. The van der Waals surface area contributed by atoms with E-state index in [0.717, 1.165) is 11.1 Å². The average molecular weight is 346 g/mol. The summed E-state index contributed by atoms with van der Waals surface area (Å²) >= 11 is 1.60. The summed E-state index contributed by atoms with van der Waals surface area (Å²) in [5, 5.41) is 3.99. The third-order valence-corrected chi connectivity index (χ3v) is 3.95. The summed E-state index contributed by atoms with van der Waals surface area (Å²) in [4.78, 5) is 23.1. The highest BCUT2D eigenvalue weighted by molar-refractivity contribution is 7.07. The summed E-state index contributed by atoms with van der Waals surface area (Å²) in [5.74, 6) is 0.00388. The molecule has 0 aliphatic carbocycles. The van der Waals surface area contributed by atoms with E-state index < -0.39 is 5.97 Å². The molecule has 0 atom stereocenters. The second-order valence-corrected chi connectivity index (χ2v) is 5.65. The lowest BCUT2D eigenvalue weighted by Crippen LogP contribution is -2.09. The smallest absolute Gasteiger partial charge is 0.330 e. The lowest BCUT2D eigenvalue weighted by molar-refractivity contribution is -0.135. The van der Waals surface area contributed by atoms with E-state index in [1.165, 1.54) is 20.3 Å². The highest BCUT2D eigenvalue weighted by Crippen LogP contribution is 2.29. The van der Waals surface area contributed by atoms with Crippen molar-refractivity contribution in [3.63, 3.8) is 0 Å². The van der Waals surface area contributed by atoms with Gasteiger partial charge in [-0.3, -0.25) is 4.79 Å². The highest BCUT2D eigenvalue weighted by Gasteiger charge is 2.11. The van der Waals surface area contributed by atoms with E-state index in [1.54, 1.807) is 35.6 Å². The van der Waals surface area contributed by atoms with E-state index >= 15 is 0 Å². The summed E-state index contributed by atoms with van der Waals surface area (Å²) in [6.45, 7) is 0. The minimum absolute atomic E-state index is 0.296. The first-order valence-electron chi connectivity index (χ1n) is 7.28. The van der Waals surface area contributed by atoms with Crippen molar-refractivity contribution in [3.8, 4) is 11.5 Å². The van der Waals surface area contributed by atoms with Crippen molar-refractivity contribution in [2.45, 2.75) is 12.8 Å². The van der Waals surface area contributed by atoms with E-state index in [2.05, 4.69) is 4.74 Å². The maximum absolute atomic E-state index is 12.0. The molecule has 1 aromatic carbocycles. The van der Waals surface area contributed by atoms with Crippen molar-refractivity contribution >= 4 is 29.4 Å². The monoisotopic (exact) mass is 346 g/mol. The quantitative estimate of drug-likeness (QED) is 0.436. The van der Waals surface area contributed by atoms with Gasteiger partial charge in [0.2, 0.25) is 0 Å². The number of aryl methyl sites for hydroxylation is 1. The fourth-order valence-corrected chi connectivity index (χ4v) is 2.66. The number of rotatable bonds is 7. The van der Waals surface area contributed by atoms with E-state index in [-0.39, 0.29) is 5.97 Å². The van der Waals surface area contributed by atoms with Crippen LogP contribution < -0.4 is 9.47 Å². The van der Waals surface area contributed by atoms with Crippen molar-refractivity contribution in [1.29, 1.82) is 0 Å². The lowest BCUT2D eigenvalue weighted by Gasteiger charge is -2.10. The molecule has 0 amide bonds. The lowest BCUT2D eigenvalue weighted by atomic mass is 10.2. The van der Waals surface area contributed by atoms with Crippen molar-refractivity contribution < 1.29 is 23.8 Å². The van der Waals surface area contributed by atoms with Crippen LogP contribution in [0.2, 0.25) is 0 Å². The first-order valence-corrected chi connectivity index (χ1v) is 8.22. The van der Waals surface area contributed by atoms with Gasteiger partial charge in [-0.15, -0.1) is 0 Å². The fourth-order valence-electron chi connectivity index (χ4n) is 1.96. The van der Waals surface area contributed by atoms with Gasteiger partial charge in [-0.1, -0.05) is 6.07 Å². The normalized spacial score (nSPS) is 10.6. The van der Waals surface area contributed by atoms with Crippen LogP contribution in [0.1, 0.15) is 17.5 Å². The Labute approximate surface area is 144 Å². The maximum atomic E-state index is 12.0. The van der Waals surface area contributed by atoms with Crippen LogP contribution >= 0.6 is 11.3 Å². The molecule has 1 heterocycles.